The number of hydrogen-bond donors (Lipinski definition) is 4. The molecule has 1 aliphatic rings. The van der Waals surface area contributed by atoms with Crippen LogP contribution in [-0.4, -0.2) is 107 Å². The molecule has 4 N–H and O–H groups in total. The molecule has 1 heterocycles. The predicted molar refractivity (Wildman–Crippen MR) is 48.2 cm³/mol. The van der Waals surface area contributed by atoms with Crippen molar-refractivity contribution < 1.29 is 44.0 Å². The Morgan fingerprint density at radius 1 is 1.12 bits per heavy atom. The van der Waals surface area contributed by atoms with Crippen molar-refractivity contribution in [1.82, 2.24) is 0 Å². The zero-order valence-electron chi connectivity index (χ0n) is 8.58. The normalized spacial score (nSPS) is 38.6. The van der Waals surface area contributed by atoms with Crippen LogP contribution in [-0.2, 0) is 13.8 Å². The van der Waals surface area contributed by atoms with Gasteiger partial charge in [0.1, 0.15) is 24.4 Å². The molecule has 1 saturated heterocycles. The molecule has 1 rings (SSSR count). The summed E-state index contributed by atoms with van der Waals surface area (Å²) >= 11 is 0. The molecule has 96 valence electrons. The van der Waals surface area contributed by atoms with E-state index in [-0.39, 0.29) is 48.9 Å². The van der Waals surface area contributed by atoms with Crippen molar-refractivity contribution in [1.29, 1.82) is 0 Å². The summed E-state index contributed by atoms with van der Waals surface area (Å²) in [4.78, 5) is 20.3. The van der Waals surface area contributed by atoms with Gasteiger partial charge in [0.15, 0.2) is 6.29 Å². The molecule has 0 bridgehead atoms. The van der Waals surface area contributed by atoms with Gasteiger partial charge >= 0.3 is 48.9 Å². The van der Waals surface area contributed by atoms with Crippen LogP contribution in [0.25, 0.3) is 0 Å². The number of hydrogen-bond acceptors (Lipinski definition) is 9. The SMILES string of the molecule is O=P([O-])([O-])OCC1OC(O)C(O)C(O)C1O.[Ba+2]. The Labute approximate surface area is 137 Å². The van der Waals surface area contributed by atoms with Gasteiger partial charge < -0.3 is 44.0 Å². The minimum absolute atomic E-state index is 0. The fourth-order valence-electron chi connectivity index (χ4n) is 1.23. The Morgan fingerprint density at radius 3 is 2.12 bits per heavy atom. The van der Waals surface area contributed by atoms with Gasteiger partial charge in [-0.15, -0.1) is 0 Å². The third kappa shape index (κ3) is 5.55. The van der Waals surface area contributed by atoms with Gasteiger partial charge in [0.05, 0.1) is 14.4 Å². The van der Waals surface area contributed by atoms with E-state index in [1.807, 2.05) is 0 Å². The van der Waals surface area contributed by atoms with E-state index in [9.17, 15) is 24.6 Å². The maximum Gasteiger partial charge on any atom is 2.00 e. The molecule has 0 amide bonds. The molecule has 0 aromatic rings. The van der Waals surface area contributed by atoms with E-state index >= 15 is 0 Å². The number of phosphoric acid groups is 1. The molecule has 5 unspecified atom stereocenters. The van der Waals surface area contributed by atoms with E-state index < -0.39 is 45.1 Å². The monoisotopic (exact) mass is 396 g/mol. The second-order valence-electron chi connectivity index (χ2n) is 3.28. The summed E-state index contributed by atoms with van der Waals surface area (Å²) in [6.45, 7) is -0.855. The topological polar surface area (TPSA) is 163 Å². The van der Waals surface area contributed by atoms with Gasteiger partial charge in [-0.3, -0.25) is 0 Å². The van der Waals surface area contributed by atoms with Crippen LogP contribution in [0.4, 0.5) is 0 Å². The van der Waals surface area contributed by atoms with Crippen molar-refractivity contribution in [3.63, 3.8) is 0 Å². The quantitative estimate of drug-likeness (QED) is 0.271. The molecule has 5 atom stereocenters. The van der Waals surface area contributed by atoms with Crippen LogP contribution < -0.4 is 9.79 Å². The van der Waals surface area contributed by atoms with Crippen molar-refractivity contribution in [2.75, 3.05) is 6.61 Å². The van der Waals surface area contributed by atoms with Gasteiger partial charge in [0.25, 0.3) is 0 Å². The molecule has 0 spiro atoms. The maximum atomic E-state index is 10.1. The molecule has 0 aliphatic carbocycles. The Kier molecular flexibility index (Phi) is 7.95. The first kappa shape index (κ1) is 18.5. The second kappa shape index (κ2) is 7.31. The number of ether oxygens (including phenoxy) is 1. The van der Waals surface area contributed by atoms with Crippen LogP contribution >= 0.6 is 7.82 Å². The fourth-order valence-corrected chi connectivity index (χ4v) is 1.56. The van der Waals surface area contributed by atoms with Gasteiger partial charge in [0.2, 0.25) is 0 Å². The van der Waals surface area contributed by atoms with Crippen molar-refractivity contribution in [2.45, 2.75) is 30.7 Å². The molecule has 0 aromatic carbocycles. The zero-order valence-corrected chi connectivity index (χ0v) is 13.9. The van der Waals surface area contributed by atoms with Crippen LogP contribution in [0.2, 0.25) is 0 Å². The summed E-state index contributed by atoms with van der Waals surface area (Å²) in [5.41, 5.74) is 0. The largest absolute Gasteiger partial charge is 2.00 e. The third-order valence-electron chi connectivity index (χ3n) is 2.08. The maximum absolute atomic E-state index is 10.1. The molecule has 17 heavy (non-hydrogen) atoms. The Bertz CT molecular complexity index is 283. The van der Waals surface area contributed by atoms with Gasteiger partial charge in [-0.2, -0.15) is 0 Å². The van der Waals surface area contributed by atoms with E-state index in [1.165, 1.54) is 0 Å². The molecular weight excluding hydrogens is 384 g/mol. The number of phosphoric ester groups is 1. The van der Waals surface area contributed by atoms with Crippen LogP contribution in [0.3, 0.4) is 0 Å². The predicted octanol–water partition coefficient (Wildman–Crippen LogP) is -4.75. The van der Waals surface area contributed by atoms with Crippen LogP contribution in [0.5, 0.6) is 0 Å². The molecule has 1 aliphatic heterocycles. The molecule has 9 nitrogen and oxygen atoms in total. The first-order valence-corrected chi connectivity index (χ1v) is 5.73. The minimum atomic E-state index is -5.23. The van der Waals surface area contributed by atoms with Gasteiger partial charge in [-0.1, -0.05) is 0 Å². The molecule has 1 fully saturated rings. The summed E-state index contributed by atoms with van der Waals surface area (Å²) in [5, 5.41) is 36.6. The van der Waals surface area contributed by atoms with Crippen molar-refractivity contribution in [2.24, 2.45) is 0 Å². The van der Waals surface area contributed by atoms with E-state index in [1.54, 1.807) is 0 Å². The molecular formula is C6H11BaO9P. The minimum Gasteiger partial charge on any atom is -0.790 e. The van der Waals surface area contributed by atoms with Crippen molar-refractivity contribution in [3.8, 4) is 0 Å². The fraction of sp³-hybridized carbons (Fsp3) is 1.00. The van der Waals surface area contributed by atoms with Crippen LogP contribution in [0.1, 0.15) is 0 Å². The van der Waals surface area contributed by atoms with Crippen molar-refractivity contribution >= 4 is 56.7 Å². The van der Waals surface area contributed by atoms with Gasteiger partial charge in [0, 0.05) is 0 Å². The summed E-state index contributed by atoms with van der Waals surface area (Å²) < 4.78 is 18.5. The summed E-state index contributed by atoms with van der Waals surface area (Å²) in [7, 11) is -5.23. The van der Waals surface area contributed by atoms with Crippen LogP contribution in [0, 0.1) is 0 Å². The standard InChI is InChI=1S/C6H13O9P.Ba/c7-3-2(1-14-16(11,12)13)15-6(10)5(9)4(3)8;/h2-10H,1H2,(H2,11,12,13);/q;+2/p-2. The first-order chi connectivity index (χ1) is 7.22. The molecule has 0 saturated carbocycles. The molecule has 0 aromatic heterocycles. The Balaban J connectivity index is 0.00000256. The Hall–Kier alpha value is 1.48. The molecule has 0 radical (unpaired) electrons. The average Bonchev–Trinajstić information content (AvgIpc) is 2.17. The smallest absolute Gasteiger partial charge is 0.790 e. The first-order valence-electron chi connectivity index (χ1n) is 4.26. The molecule has 11 heteroatoms. The van der Waals surface area contributed by atoms with E-state index in [0.717, 1.165) is 0 Å². The summed E-state index contributed by atoms with van der Waals surface area (Å²) in [5.74, 6) is 0. The van der Waals surface area contributed by atoms with Crippen molar-refractivity contribution in [3.05, 3.63) is 0 Å². The number of aliphatic hydroxyl groups is 4. The Morgan fingerprint density at radius 2 is 1.65 bits per heavy atom. The third-order valence-corrected chi connectivity index (χ3v) is 2.55. The van der Waals surface area contributed by atoms with Crippen LogP contribution in [0.15, 0.2) is 0 Å². The van der Waals surface area contributed by atoms with E-state index in [4.69, 9.17) is 10.2 Å². The number of rotatable bonds is 3. The number of aliphatic hydroxyl groups excluding tert-OH is 4. The van der Waals surface area contributed by atoms with E-state index in [2.05, 4.69) is 9.26 Å². The van der Waals surface area contributed by atoms with Gasteiger partial charge in [-0.05, 0) is 0 Å². The second-order valence-corrected chi connectivity index (χ2v) is 4.43. The summed E-state index contributed by atoms with van der Waals surface area (Å²) in [6, 6.07) is 0. The van der Waals surface area contributed by atoms with E-state index in [0.29, 0.717) is 0 Å². The zero-order chi connectivity index (χ0) is 12.5. The van der Waals surface area contributed by atoms with Gasteiger partial charge in [-0.25, -0.2) is 0 Å². The summed E-state index contributed by atoms with van der Waals surface area (Å²) in [6.07, 6.45) is -8.35. The average molecular weight is 395 g/mol.